The highest BCUT2D eigenvalue weighted by Crippen LogP contribution is 2.15. The van der Waals surface area contributed by atoms with Crippen LogP contribution in [0.25, 0.3) is 0 Å². The maximum atomic E-state index is 12.3. The molecule has 0 aromatic heterocycles. The third kappa shape index (κ3) is 5.16. The van der Waals surface area contributed by atoms with Crippen molar-refractivity contribution in [2.24, 2.45) is 5.10 Å². The van der Waals surface area contributed by atoms with Gasteiger partial charge in [0.05, 0.1) is 31.9 Å². The molecule has 0 radical (unpaired) electrons. The summed E-state index contributed by atoms with van der Waals surface area (Å²) in [4.78, 5) is 38.2. The fourth-order valence-corrected chi connectivity index (χ4v) is 3.16. The van der Waals surface area contributed by atoms with E-state index in [0.717, 1.165) is 11.3 Å². The number of ether oxygens (including phenoxy) is 2. The first-order valence-electron chi connectivity index (χ1n) is 9.54. The lowest BCUT2D eigenvalue weighted by Gasteiger charge is -2.28. The maximum Gasteiger partial charge on any atom is 0.307 e. The van der Waals surface area contributed by atoms with Crippen LogP contribution in [0.2, 0.25) is 0 Å². The van der Waals surface area contributed by atoms with Gasteiger partial charge in [-0.1, -0.05) is 30.3 Å². The molecular weight excluding hydrogens is 362 g/mol. The van der Waals surface area contributed by atoms with Crippen molar-refractivity contribution in [1.82, 2.24) is 9.91 Å². The van der Waals surface area contributed by atoms with Crippen LogP contribution in [-0.4, -0.2) is 72.4 Å². The molecule has 2 aliphatic heterocycles. The Balaban J connectivity index is 1.43. The zero-order chi connectivity index (χ0) is 19.9. The number of esters is 1. The molecule has 28 heavy (non-hydrogen) atoms. The van der Waals surface area contributed by atoms with Crippen molar-refractivity contribution in [2.45, 2.75) is 32.3 Å². The molecule has 8 nitrogen and oxygen atoms in total. The van der Waals surface area contributed by atoms with E-state index >= 15 is 0 Å². The fourth-order valence-electron chi connectivity index (χ4n) is 3.16. The lowest BCUT2D eigenvalue weighted by atomic mass is 10.1. The molecular formula is C20H25N3O5. The van der Waals surface area contributed by atoms with E-state index in [1.54, 1.807) is 11.8 Å². The van der Waals surface area contributed by atoms with E-state index in [0.29, 0.717) is 39.3 Å². The van der Waals surface area contributed by atoms with Crippen molar-refractivity contribution in [3.05, 3.63) is 35.9 Å². The number of rotatable bonds is 6. The average molecular weight is 387 g/mol. The lowest BCUT2D eigenvalue weighted by Crippen LogP contribution is -2.46. The first-order chi connectivity index (χ1) is 13.5. The highest BCUT2D eigenvalue weighted by atomic mass is 16.5. The first-order valence-corrected chi connectivity index (χ1v) is 9.54. The van der Waals surface area contributed by atoms with Crippen molar-refractivity contribution in [3.8, 4) is 0 Å². The van der Waals surface area contributed by atoms with Gasteiger partial charge in [-0.2, -0.15) is 5.10 Å². The first kappa shape index (κ1) is 20.0. The Morgan fingerprint density at radius 3 is 2.54 bits per heavy atom. The summed E-state index contributed by atoms with van der Waals surface area (Å²) in [5.74, 6) is -1.02. The van der Waals surface area contributed by atoms with Crippen LogP contribution in [0.3, 0.4) is 0 Å². The molecule has 2 heterocycles. The van der Waals surface area contributed by atoms with E-state index in [-0.39, 0.29) is 24.7 Å². The minimum Gasteiger partial charge on any atom is -0.453 e. The summed E-state index contributed by atoms with van der Waals surface area (Å²) in [6, 6.07) is 9.70. The third-order valence-electron chi connectivity index (χ3n) is 4.72. The Kier molecular flexibility index (Phi) is 6.76. The maximum absolute atomic E-state index is 12.3. The number of morpholine rings is 1. The Labute approximate surface area is 164 Å². The van der Waals surface area contributed by atoms with Crippen molar-refractivity contribution in [2.75, 3.05) is 32.8 Å². The number of hydrogen-bond acceptors (Lipinski definition) is 6. The predicted octanol–water partition coefficient (Wildman–Crippen LogP) is 1.19. The molecule has 1 atom stereocenters. The van der Waals surface area contributed by atoms with E-state index in [1.807, 2.05) is 30.3 Å². The van der Waals surface area contributed by atoms with E-state index in [9.17, 15) is 14.4 Å². The van der Waals surface area contributed by atoms with Gasteiger partial charge in [0.2, 0.25) is 5.91 Å². The van der Waals surface area contributed by atoms with Gasteiger partial charge >= 0.3 is 5.97 Å². The molecule has 3 rings (SSSR count). The molecule has 0 aliphatic carbocycles. The van der Waals surface area contributed by atoms with E-state index in [1.165, 1.54) is 5.01 Å². The molecule has 1 aromatic carbocycles. The molecule has 0 spiro atoms. The molecule has 2 aliphatic rings. The SMILES string of the molecule is C[C@H](OC(=O)CCC(=O)N1CCC(c2ccccc2)=N1)C(=O)N1CCOCC1. The van der Waals surface area contributed by atoms with Crippen LogP contribution >= 0.6 is 0 Å². The quantitative estimate of drug-likeness (QED) is 0.684. The van der Waals surface area contributed by atoms with Crippen LogP contribution in [-0.2, 0) is 23.9 Å². The minimum atomic E-state index is -0.866. The molecule has 0 saturated carbocycles. The van der Waals surface area contributed by atoms with Crippen LogP contribution in [0, 0.1) is 0 Å². The van der Waals surface area contributed by atoms with E-state index < -0.39 is 12.1 Å². The molecule has 2 amide bonds. The lowest BCUT2D eigenvalue weighted by molar-refractivity contribution is -0.161. The molecule has 0 N–H and O–H groups in total. The van der Waals surface area contributed by atoms with Gasteiger partial charge in [0.15, 0.2) is 6.10 Å². The normalized spacial score (nSPS) is 17.8. The summed E-state index contributed by atoms with van der Waals surface area (Å²) in [6.07, 6.45) is -0.254. The summed E-state index contributed by atoms with van der Waals surface area (Å²) in [5.41, 5.74) is 1.86. The highest BCUT2D eigenvalue weighted by Gasteiger charge is 2.26. The van der Waals surface area contributed by atoms with Crippen molar-refractivity contribution < 1.29 is 23.9 Å². The molecule has 0 bridgehead atoms. The fraction of sp³-hybridized carbons (Fsp3) is 0.500. The number of amides is 2. The summed E-state index contributed by atoms with van der Waals surface area (Å²) in [6.45, 7) is 4.02. The molecule has 150 valence electrons. The van der Waals surface area contributed by atoms with Crippen molar-refractivity contribution in [1.29, 1.82) is 0 Å². The smallest absolute Gasteiger partial charge is 0.307 e. The molecule has 1 aromatic rings. The van der Waals surface area contributed by atoms with Gasteiger partial charge < -0.3 is 14.4 Å². The zero-order valence-corrected chi connectivity index (χ0v) is 16.0. The van der Waals surface area contributed by atoms with E-state index in [4.69, 9.17) is 9.47 Å². The van der Waals surface area contributed by atoms with Gasteiger partial charge in [-0.25, -0.2) is 5.01 Å². The Morgan fingerprint density at radius 1 is 1.11 bits per heavy atom. The number of benzene rings is 1. The monoisotopic (exact) mass is 387 g/mol. The summed E-state index contributed by atoms with van der Waals surface area (Å²) in [7, 11) is 0. The number of hydrogen-bond donors (Lipinski definition) is 0. The van der Waals surface area contributed by atoms with Crippen LogP contribution in [0.15, 0.2) is 35.4 Å². The summed E-state index contributed by atoms with van der Waals surface area (Å²) in [5, 5.41) is 5.76. The predicted molar refractivity (Wildman–Crippen MR) is 101 cm³/mol. The van der Waals surface area contributed by atoms with Gasteiger partial charge in [-0.3, -0.25) is 14.4 Å². The highest BCUT2D eigenvalue weighted by molar-refractivity contribution is 6.02. The molecule has 1 fully saturated rings. The second-order valence-electron chi connectivity index (χ2n) is 6.75. The topological polar surface area (TPSA) is 88.5 Å². The Morgan fingerprint density at radius 2 is 1.82 bits per heavy atom. The standard InChI is InChI=1S/C20H25N3O5/c1-15(20(26)22-11-13-27-14-12-22)28-19(25)8-7-18(24)23-10-9-17(21-23)16-5-3-2-4-6-16/h2-6,15H,7-14H2,1H3/t15-/m0/s1. The van der Waals surface area contributed by atoms with Crippen molar-refractivity contribution >= 4 is 23.5 Å². The zero-order valence-electron chi connectivity index (χ0n) is 16.0. The second-order valence-corrected chi connectivity index (χ2v) is 6.75. The van der Waals surface area contributed by atoms with Crippen LogP contribution in [0.1, 0.15) is 31.7 Å². The number of hydrazone groups is 1. The summed E-state index contributed by atoms with van der Waals surface area (Å²) < 4.78 is 10.4. The Bertz CT molecular complexity index is 743. The third-order valence-corrected chi connectivity index (χ3v) is 4.72. The van der Waals surface area contributed by atoms with Crippen LogP contribution < -0.4 is 0 Å². The van der Waals surface area contributed by atoms with Gasteiger partial charge in [-0.15, -0.1) is 0 Å². The number of carbonyl (C=O) groups excluding carboxylic acids is 3. The number of nitrogens with zero attached hydrogens (tertiary/aromatic N) is 3. The minimum absolute atomic E-state index is 0.00285. The Hall–Kier alpha value is -2.74. The van der Waals surface area contributed by atoms with Crippen LogP contribution in [0.4, 0.5) is 0 Å². The van der Waals surface area contributed by atoms with Gasteiger partial charge in [0.25, 0.3) is 5.91 Å². The second kappa shape index (κ2) is 9.45. The van der Waals surface area contributed by atoms with Gasteiger partial charge in [0.1, 0.15) is 0 Å². The van der Waals surface area contributed by atoms with Crippen LogP contribution in [0.5, 0.6) is 0 Å². The van der Waals surface area contributed by atoms with Crippen molar-refractivity contribution in [3.63, 3.8) is 0 Å². The summed E-state index contributed by atoms with van der Waals surface area (Å²) >= 11 is 0. The molecule has 0 unspecified atom stereocenters. The molecule has 8 heteroatoms. The van der Waals surface area contributed by atoms with Gasteiger partial charge in [0, 0.05) is 25.9 Å². The van der Waals surface area contributed by atoms with Gasteiger partial charge in [-0.05, 0) is 12.5 Å². The molecule has 1 saturated heterocycles. The largest absolute Gasteiger partial charge is 0.453 e. The average Bonchev–Trinajstić information content (AvgIpc) is 3.23. The van der Waals surface area contributed by atoms with E-state index in [2.05, 4.69) is 5.10 Å². The number of carbonyl (C=O) groups is 3.